The molecule has 0 saturated carbocycles. The number of carbonyl (C=O) groups excluding carboxylic acids is 1. The number of amides is 1. The first-order valence-corrected chi connectivity index (χ1v) is 7.47. The van der Waals surface area contributed by atoms with Crippen molar-refractivity contribution in [2.24, 2.45) is 0 Å². The average molecular weight is 301 g/mol. The van der Waals surface area contributed by atoms with E-state index in [1.54, 1.807) is 0 Å². The molecule has 1 aromatic rings. The Hall–Kier alpha value is -1.67. The number of hydrogen-bond donors (Lipinski definition) is 2. The predicted molar refractivity (Wildman–Crippen MR) is 71.8 cm³/mol. The first kappa shape index (κ1) is 14.7. The molecule has 6 nitrogen and oxygen atoms in total. The number of hydrogen-bond acceptors (Lipinski definition) is 4. The van der Waals surface area contributed by atoms with Crippen molar-refractivity contribution in [3.05, 3.63) is 24.0 Å². The van der Waals surface area contributed by atoms with E-state index in [1.807, 2.05) is 0 Å². The van der Waals surface area contributed by atoms with Crippen LogP contribution in [0.1, 0.15) is 13.8 Å². The molecule has 1 amide bonds. The minimum atomic E-state index is -3.96. The van der Waals surface area contributed by atoms with Crippen LogP contribution in [0.2, 0.25) is 0 Å². The van der Waals surface area contributed by atoms with Crippen molar-refractivity contribution in [2.75, 3.05) is 18.8 Å². The van der Waals surface area contributed by atoms with E-state index in [0.29, 0.717) is 0 Å². The van der Waals surface area contributed by atoms with E-state index < -0.39 is 21.4 Å². The standard InChI is InChI=1S/C12H16FN3O3S/c1-12(2)11(17)15-5-6-16(12)20(18,19)8-3-4-10(14)9(13)7-8/h3-4,7H,5-6,14H2,1-2H3,(H,15,17). The molecule has 0 atom stereocenters. The highest BCUT2D eigenvalue weighted by atomic mass is 32.2. The second kappa shape index (κ2) is 4.71. The molecule has 0 spiro atoms. The van der Waals surface area contributed by atoms with E-state index in [4.69, 9.17) is 5.73 Å². The topological polar surface area (TPSA) is 92.5 Å². The molecule has 1 aliphatic rings. The average Bonchev–Trinajstić information content (AvgIpc) is 2.35. The summed E-state index contributed by atoms with van der Waals surface area (Å²) in [5, 5.41) is 2.61. The summed E-state index contributed by atoms with van der Waals surface area (Å²) in [4.78, 5) is 11.6. The Balaban J connectivity index is 2.49. The Morgan fingerprint density at radius 3 is 2.65 bits per heavy atom. The molecular formula is C12H16FN3O3S. The van der Waals surface area contributed by atoms with Crippen LogP contribution in [-0.2, 0) is 14.8 Å². The first-order valence-electron chi connectivity index (χ1n) is 6.03. The zero-order chi connectivity index (χ0) is 15.1. The maximum atomic E-state index is 13.5. The van der Waals surface area contributed by atoms with E-state index in [1.165, 1.54) is 26.0 Å². The lowest BCUT2D eigenvalue weighted by molar-refractivity contribution is -0.131. The van der Waals surface area contributed by atoms with Gasteiger partial charge in [0.2, 0.25) is 15.9 Å². The normalized spacial score (nSPS) is 19.6. The maximum Gasteiger partial charge on any atom is 0.244 e. The maximum absolute atomic E-state index is 13.5. The summed E-state index contributed by atoms with van der Waals surface area (Å²) >= 11 is 0. The van der Waals surface area contributed by atoms with Gasteiger partial charge < -0.3 is 11.1 Å². The number of anilines is 1. The van der Waals surface area contributed by atoms with Gasteiger partial charge in [-0.3, -0.25) is 4.79 Å². The summed E-state index contributed by atoms with van der Waals surface area (Å²) in [6, 6.07) is 3.29. The molecular weight excluding hydrogens is 285 g/mol. The van der Waals surface area contributed by atoms with Crippen LogP contribution in [0.5, 0.6) is 0 Å². The summed E-state index contributed by atoms with van der Waals surface area (Å²) in [5.41, 5.74) is 3.99. The second-order valence-corrected chi connectivity index (χ2v) is 6.94. The molecule has 1 aromatic carbocycles. The van der Waals surface area contributed by atoms with Gasteiger partial charge in [-0.15, -0.1) is 0 Å². The van der Waals surface area contributed by atoms with Crippen LogP contribution in [0.15, 0.2) is 23.1 Å². The van der Waals surface area contributed by atoms with Crippen molar-refractivity contribution < 1.29 is 17.6 Å². The number of sulfonamides is 1. The van der Waals surface area contributed by atoms with Crippen LogP contribution in [0.3, 0.4) is 0 Å². The summed E-state index contributed by atoms with van der Waals surface area (Å²) in [6.07, 6.45) is 0. The lowest BCUT2D eigenvalue weighted by atomic mass is 10.0. The monoisotopic (exact) mass is 301 g/mol. The van der Waals surface area contributed by atoms with Crippen LogP contribution >= 0.6 is 0 Å². The summed E-state index contributed by atoms with van der Waals surface area (Å²) in [5.74, 6) is -1.19. The van der Waals surface area contributed by atoms with Gasteiger partial charge in [-0.25, -0.2) is 12.8 Å². The van der Waals surface area contributed by atoms with Crippen molar-refractivity contribution in [3.63, 3.8) is 0 Å². The predicted octanol–water partition coefficient (Wildman–Crippen LogP) is 0.307. The third kappa shape index (κ3) is 2.25. The Morgan fingerprint density at radius 2 is 2.05 bits per heavy atom. The van der Waals surface area contributed by atoms with Gasteiger partial charge in [0.05, 0.1) is 10.6 Å². The lowest BCUT2D eigenvalue weighted by Gasteiger charge is -2.39. The molecule has 110 valence electrons. The molecule has 0 aliphatic carbocycles. The van der Waals surface area contributed by atoms with Crippen LogP contribution in [-0.4, -0.2) is 37.3 Å². The zero-order valence-electron chi connectivity index (χ0n) is 11.2. The van der Waals surface area contributed by atoms with Crippen LogP contribution < -0.4 is 11.1 Å². The smallest absolute Gasteiger partial charge is 0.244 e. The van der Waals surface area contributed by atoms with Crippen molar-refractivity contribution >= 4 is 21.6 Å². The molecule has 1 heterocycles. The number of nitrogens with one attached hydrogen (secondary N) is 1. The number of halogens is 1. The van der Waals surface area contributed by atoms with Crippen molar-refractivity contribution in [2.45, 2.75) is 24.3 Å². The van der Waals surface area contributed by atoms with Gasteiger partial charge >= 0.3 is 0 Å². The van der Waals surface area contributed by atoms with E-state index >= 15 is 0 Å². The number of carbonyl (C=O) groups is 1. The molecule has 1 aliphatic heterocycles. The molecule has 0 aromatic heterocycles. The Bertz CT molecular complexity index is 658. The Morgan fingerprint density at radius 1 is 1.40 bits per heavy atom. The number of piperazine rings is 1. The SMILES string of the molecule is CC1(C)C(=O)NCCN1S(=O)(=O)c1ccc(N)c(F)c1. The van der Waals surface area contributed by atoms with Gasteiger partial charge in [0.25, 0.3) is 0 Å². The highest BCUT2D eigenvalue weighted by Crippen LogP contribution is 2.27. The number of nitrogens with zero attached hydrogens (tertiary/aromatic N) is 1. The number of benzene rings is 1. The van der Waals surface area contributed by atoms with Crippen LogP contribution in [0.25, 0.3) is 0 Å². The zero-order valence-corrected chi connectivity index (χ0v) is 12.0. The molecule has 1 saturated heterocycles. The van der Waals surface area contributed by atoms with Gasteiger partial charge in [0.1, 0.15) is 11.4 Å². The van der Waals surface area contributed by atoms with E-state index in [-0.39, 0.29) is 29.6 Å². The van der Waals surface area contributed by atoms with Gasteiger partial charge in [0, 0.05) is 13.1 Å². The fourth-order valence-corrected chi connectivity index (χ4v) is 3.86. The molecule has 20 heavy (non-hydrogen) atoms. The summed E-state index contributed by atoms with van der Waals surface area (Å²) in [7, 11) is -3.96. The van der Waals surface area contributed by atoms with E-state index in [0.717, 1.165) is 10.4 Å². The quantitative estimate of drug-likeness (QED) is 0.769. The van der Waals surface area contributed by atoms with Crippen LogP contribution in [0.4, 0.5) is 10.1 Å². The fourth-order valence-electron chi connectivity index (χ4n) is 2.10. The first-order chi connectivity index (χ1) is 9.17. The van der Waals surface area contributed by atoms with Crippen molar-refractivity contribution in [3.8, 4) is 0 Å². The number of nitrogens with two attached hydrogens (primary N) is 1. The Labute approximate surface area is 116 Å². The largest absolute Gasteiger partial charge is 0.396 e. The van der Waals surface area contributed by atoms with Gasteiger partial charge in [-0.05, 0) is 32.0 Å². The number of nitrogen functional groups attached to an aromatic ring is 1. The molecule has 2 rings (SSSR count). The molecule has 8 heteroatoms. The Kier molecular flexibility index (Phi) is 3.47. The molecule has 1 fully saturated rings. The van der Waals surface area contributed by atoms with E-state index in [9.17, 15) is 17.6 Å². The van der Waals surface area contributed by atoms with E-state index in [2.05, 4.69) is 5.32 Å². The number of rotatable bonds is 2. The minimum absolute atomic E-state index is 0.125. The summed E-state index contributed by atoms with van der Waals surface area (Å²) in [6.45, 7) is 3.37. The van der Waals surface area contributed by atoms with Gasteiger partial charge in [-0.2, -0.15) is 4.31 Å². The molecule has 0 bridgehead atoms. The van der Waals surface area contributed by atoms with Crippen molar-refractivity contribution in [1.29, 1.82) is 0 Å². The second-order valence-electron chi connectivity index (χ2n) is 5.08. The van der Waals surface area contributed by atoms with Crippen LogP contribution in [0, 0.1) is 5.82 Å². The minimum Gasteiger partial charge on any atom is -0.396 e. The third-order valence-electron chi connectivity index (χ3n) is 3.34. The third-order valence-corrected chi connectivity index (χ3v) is 5.41. The van der Waals surface area contributed by atoms with Gasteiger partial charge in [0.15, 0.2) is 0 Å². The molecule has 3 N–H and O–H groups in total. The molecule has 0 radical (unpaired) electrons. The highest BCUT2D eigenvalue weighted by molar-refractivity contribution is 7.89. The summed E-state index contributed by atoms with van der Waals surface area (Å²) < 4.78 is 39.6. The van der Waals surface area contributed by atoms with Gasteiger partial charge in [-0.1, -0.05) is 0 Å². The fraction of sp³-hybridized carbons (Fsp3) is 0.417. The van der Waals surface area contributed by atoms with Crippen molar-refractivity contribution in [1.82, 2.24) is 9.62 Å². The molecule has 0 unspecified atom stereocenters. The highest BCUT2D eigenvalue weighted by Gasteiger charge is 2.44. The lowest BCUT2D eigenvalue weighted by Crippen LogP contribution is -2.63.